The predicted octanol–water partition coefficient (Wildman–Crippen LogP) is 2.96. The Labute approximate surface area is 133 Å². The normalized spacial score (nSPS) is 17.2. The molecule has 0 fully saturated rings. The fourth-order valence-electron chi connectivity index (χ4n) is 3.06. The van der Waals surface area contributed by atoms with Crippen LogP contribution in [0.2, 0.25) is 0 Å². The minimum Gasteiger partial charge on any atom is -0.371 e. The summed E-state index contributed by atoms with van der Waals surface area (Å²) in [5.74, 6) is 1.40. The van der Waals surface area contributed by atoms with Crippen LogP contribution >= 0.6 is 0 Å². The molecule has 0 unspecified atom stereocenters. The number of nitrogens with zero attached hydrogens (tertiary/aromatic N) is 3. The zero-order valence-electron chi connectivity index (χ0n) is 13.2. The number of hydrogen-bond acceptors (Lipinski definition) is 6. The molecule has 1 aliphatic heterocycles. The maximum atomic E-state index is 5.94. The highest BCUT2D eigenvalue weighted by Gasteiger charge is 2.21. The van der Waals surface area contributed by atoms with Gasteiger partial charge < -0.3 is 14.6 Å². The minimum atomic E-state index is 0.0189. The lowest BCUT2D eigenvalue weighted by atomic mass is 9.97. The molecule has 0 aliphatic carbocycles. The number of anilines is 1. The van der Waals surface area contributed by atoms with E-state index in [9.17, 15) is 0 Å². The third kappa shape index (κ3) is 2.55. The van der Waals surface area contributed by atoms with Gasteiger partial charge in [0.25, 0.3) is 5.71 Å². The largest absolute Gasteiger partial charge is 0.371 e. The molecule has 23 heavy (non-hydrogen) atoms. The Morgan fingerprint density at radius 1 is 1.22 bits per heavy atom. The zero-order chi connectivity index (χ0) is 15.8. The average Bonchev–Trinajstić information content (AvgIpc) is 2.93. The quantitative estimate of drug-likeness (QED) is 0.802. The van der Waals surface area contributed by atoms with Crippen molar-refractivity contribution in [1.82, 2.24) is 15.1 Å². The van der Waals surface area contributed by atoms with Gasteiger partial charge in [0.15, 0.2) is 0 Å². The van der Waals surface area contributed by atoms with Crippen molar-refractivity contribution in [3.05, 3.63) is 46.9 Å². The molecule has 0 spiro atoms. The molecule has 0 saturated carbocycles. The molecule has 0 radical (unpaired) electrons. The molecule has 4 rings (SSSR count). The molecular weight excluding hydrogens is 292 g/mol. The summed E-state index contributed by atoms with van der Waals surface area (Å²) >= 11 is 0. The van der Waals surface area contributed by atoms with E-state index in [1.54, 1.807) is 0 Å². The van der Waals surface area contributed by atoms with Gasteiger partial charge in [-0.3, -0.25) is 0 Å². The lowest BCUT2D eigenvalue weighted by Gasteiger charge is -2.26. The Kier molecular flexibility index (Phi) is 3.46. The lowest BCUT2D eigenvalue weighted by molar-refractivity contribution is 0.0513. The Bertz CT molecular complexity index is 859. The molecule has 1 aromatic carbocycles. The van der Waals surface area contributed by atoms with E-state index in [-0.39, 0.29) is 6.10 Å². The third-order valence-electron chi connectivity index (χ3n) is 4.17. The van der Waals surface area contributed by atoms with Crippen LogP contribution in [0.4, 0.5) is 5.82 Å². The molecule has 1 N–H and O–H groups in total. The van der Waals surface area contributed by atoms with E-state index in [0.717, 1.165) is 29.9 Å². The number of nitrogens with one attached hydrogen (secondary N) is 1. The monoisotopic (exact) mass is 310 g/mol. The molecule has 118 valence electrons. The standard InChI is InChI=1S/C17H18N4O2/c1-10-15-16(19-11(2)20-17(15)23-21-10)18-9-14-13-6-4-3-5-12(13)7-8-22-14/h3-6,14H,7-9H2,1-2H3,(H,18,19,20)/t14-/m0/s1. The van der Waals surface area contributed by atoms with Crippen LogP contribution in [0.15, 0.2) is 28.8 Å². The first-order valence-corrected chi connectivity index (χ1v) is 7.76. The number of benzene rings is 1. The second-order valence-corrected chi connectivity index (χ2v) is 5.76. The smallest absolute Gasteiger partial charge is 0.263 e. The van der Waals surface area contributed by atoms with Crippen molar-refractivity contribution in [3.63, 3.8) is 0 Å². The van der Waals surface area contributed by atoms with E-state index in [2.05, 4.69) is 44.7 Å². The van der Waals surface area contributed by atoms with Crippen LogP contribution in [0.5, 0.6) is 0 Å². The van der Waals surface area contributed by atoms with E-state index >= 15 is 0 Å². The van der Waals surface area contributed by atoms with Crippen molar-refractivity contribution in [1.29, 1.82) is 0 Å². The molecule has 1 aliphatic rings. The van der Waals surface area contributed by atoms with Gasteiger partial charge in [-0.1, -0.05) is 29.4 Å². The van der Waals surface area contributed by atoms with Crippen LogP contribution < -0.4 is 5.32 Å². The third-order valence-corrected chi connectivity index (χ3v) is 4.17. The second-order valence-electron chi connectivity index (χ2n) is 5.76. The fraction of sp³-hybridized carbons (Fsp3) is 0.353. The van der Waals surface area contributed by atoms with Crippen LogP contribution in [-0.4, -0.2) is 28.3 Å². The van der Waals surface area contributed by atoms with Crippen LogP contribution in [0.25, 0.3) is 11.1 Å². The summed E-state index contributed by atoms with van der Waals surface area (Å²) in [6.45, 7) is 5.12. The molecule has 3 heterocycles. The van der Waals surface area contributed by atoms with Gasteiger partial charge in [0.05, 0.1) is 18.4 Å². The molecule has 2 aromatic heterocycles. The first-order chi connectivity index (χ1) is 11.2. The highest BCUT2D eigenvalue weighted by atomic mass is 16.5. The predicted molar refractivity (Wildman–Crippen MR) is 86.4 cm³/mol. The molecular formula is C17H18N4O2. The van der Waals surface area contributed by atoms with Crippen molar-refractivity contribution in [2.24, 2.45) is 0 Å². The van der Waals surface area contributed by atoms with Crippen LogP contribution in [-0.2, 0) is 11.2 Å². The van der Waals surface area contributed by atoms with Crippen molar-refractivity contribution < 1.29 is 9.26 Å². The molecule has 3 aromatic rings. The fourth-order valence-corrected chi connectivity index (χ4v) is 3.06. The van der Waals surface area contributed by atoms with Crippen molar-refractivity contribution >= 4 is 16.9 Å². The van der Waals surface area contributed by atoms with Crippen LogP contribution in [0.1, 0.15) is 28.7 Å². The second kappa shape index (κ2) is 5.62. The van der Waals surface area contributed by atoms with Gasteiger partial charge in [0, 0.05) is 6.54 Å². The maximum absolute atomic E-state index is 5.94. The number of hydrogen-bond donors (Lipinski definition) is 1. The van der Waals surface area contributed by atoms with E-state index in [1.807, 2.05) is 13.8 Å². The lowest BCUT2D eigenvalue weighted by Crippen LogP contribution is -2.23. The highest BCUT2D eigenvalue weighted by Crippen LogP contribution is 2.29. The number of aryl methyl sites for hydroxylation is 2. The Balaban J connectivity index is 1.62. The number of rotatable bonds is 3. The van der Waals surface area contributed by atoms with Gasteiger partial charge in [0.1, 0.15) is 17.0 Å². The van der Waals surface area contributed by atoms with Crippen molar-refractivity contribution in [2.45, 2.75) is 26.4 Å². The van der Waals surface area contributed by atoms with E-state index in [0.29, 0.717) is 18.1 Å². The zero-order valence-corrected chi connectivity index (χ0v) is 13.2. The number of aromatic nitrogens is 3. The van der Waals surface area contributed by atoms with E-state index in [1.165, 1.54) is 11.1 Å². The Hall–Kier alpha value is -2.47. The van der Waals surface area contributed by atoms with Crippen molar-refractivity contribution in [2.75, 3.05) is 18.5 Å². The van der Waals surface area contributed by atoms with Crippen LogP contribution in [0, 0.1) is 13.8 Å². The maximum Gasteiger partial charge on any atom is 0.263 e. The summed E-state index contributed by atoms with van der Waals surface area (Å²) in [5, 5.41) is 8.20. The molecule has 6 heteroatoms. The summed E-state index contributed by atoms with van der Waals surface area (Å²) in [6, 6.07) is 8.43. The van der Waals surface area contributed by atoms with Gasteiger partial charge >= 0.3 is 0 Å². The topological polar surface area (TPSA) is 73.1 Å². The molecule has 0 bridgehead atoms. The molecule has 0 saturated heterocycles. The summed E-state index contributed by atoms with van der Waals surface area (Å²) in [5.41, 5.74) is 3.90. The summed E-state index contributed by atoms with van der Waals surface area (Å²) in [4.78, 5) is 8.77. The Morgan fingerprint density at radius 3 is 3.00 bits per heavy atom. The van der Waals surface area contributed by atoms with Crippen molar-refractivity contribution in [3.8, 4) is 0 Å². The molecule has 6 nitrogen and oxygen atoms in total. The highest BCUT2D eigenvalue weighted by molar-refractivity contribution is 5.87. The summed E-state index contributed by atoms with van der Waals surface area (Å²) in [7, 11) is 0. The Morgan fingerprint density at radius 2 is 2.09 bits per heavy atom. The van der Waals surface area contributed by atoms with Gasteiger partial charge in [-0.2, -0.15) is 4.98 Å². The van der Waals surface area contributed by atoms with Gasteiger partial charge in [-0.05, 0) is 31.4 Å². The first-order valence-electron chi connectivity index (χ1n) is 7.76. The SMILES string of the molecule is Cc1nc(NC[C@@H]2OCCc3ccccc32)c2c(C)noc2n1. The van der Waals surface area contributed by atoms with Crippen LogP contribution in [0.3, 0.4) is 0 Å². The van der Waals surface area contributed by atoms with Gasteiger partial charge in [0.2, 0.25) is 0 Å². The van der Waals surface area contributed by atoms with E-state index < -0.39 is 0 Å². The number of fused-ring (bicyclic) bond motifs is 2. The van der Waals surface area contributed by atoms with E-state index in [4.69, 9.17) is 9.26 Å². The summed E-state index contributed by atoms with van der Waals surface area (Å²) in [6.07, 6.45) is 0.985. The summed E-state index contributed by atoms with van der Waals surface area (Å²) < 4.78 is 11.2. The minimum absolute atomic E-state index is 0.0189. The van der Waals surface area contributed by atoms with Gasteiger partial charge in [-0.25, -0.2) is 4.98 Å². The number of ether oxygens (including phenoxy) is 1. The van der Waals surface area contributed by atoms with Gasteiger partial charge in [-0.15, -0.1) is 0 Å². The molecule has 1 atom stereocenters. The average molecular weight is 310 g/mol. The first kappa shape index (κ1) is 14.1. The molecule has 0 amide bonds.